The number of para-hydroxylation sites is 1. The predicted molar refractivity (Wildman–Crippen MR) is 165 cm³/mol. The summed E-state index contributed by atoms with van der Waals surface area (Å²) in [5.74, 6) is -0.710. The summed E-state index contributed by atoms with van der Waals surface area (Å²) in [4.78, 5) is 54.1. The maximum Gasteiger partial charge on any atom is 0.409 e. The van der Waals surface area contributed by atoms with E-state index in [2.05, 4.69) is 10.2 Å². The van der Waals surface area contributed by atoms with Gasteiger partial charge in [-0.15, -0.1) is 0 Å². The van der Waals surface area contributed by atoms with Crippen molar-refractivity contribution < 1.29 is 25.2 Å². The van der Waals surface area contributed by atoms with E-state index in [-0.39, 0.29) is 42.7 Å². The molecule has 6 rings (SSSR count). The summed E-state index contributed by atoms with van der Waals surface area (Å²) in [5.41, 5.74) is 2.44. The van der Waals surface area contributed by atoms with Crippen LogP contribution in [0.25, 0.3) is 11.0 Å². The highest BCUT2D eigenvalue weighted by atomic mass is 16.6. The molecule has 3 unspecified atom stereocenters. The number of benzene rings is 1. The standard InChI is InChI=1S/C33H47N5O6/c1-35-30-23(9-6-11-27(30)38(32(35)41)28-14-15-29(39)34-31(28)40)8-4-2-3-5-21-43-26-16-19-36(20-17-26)33(42)44-22-25-13-12-24-10-7-18-37(24)25/h6,9,11,24-26,28H,2-5,7-8,10,12-22H2,1H3,(H,34,39,40)/t24?,25-,28?/m0/s1/i12D/t12?,24?,25-,28?. The van der Waals surface area contributed by atoms with Crippen molar-refractivity contribution in [3.8, 4) is 0 Å². The number of imide groups is 1. The van der Waals surface area contributed by atoms with Crippen LogP contribution in [0.15, 0.2) is 23.0 Å². The fourth-order valence-corrected chi connectivity index (χ4v) is 7.57. The van der Waals surface area contributed by atoms with Gasteiger partial charge in [-0.3, -0.25) is 28.9 Å². The van der Waals surface area contributed by atoms with Crippen molar-refractivity contribution >= 4 is 28.9 Å². The highest BCUT2D eigenvalue weighted by molar-refractivity contribution is 6.00. The molecule has 4 atom stereocenters. The first-order valence-corrected chi connectivity index (χ1v) is 16.6. The van der Waals surface area contributed by atoms with Crippen LogP contribution in [-0.4, -0.2) is 87.9 Å². The van der Waals surface area contributed by atoms with E-state index in [0.717, 1.165) is 87.3 Å². The van der Waals surface area contributed by atoms with Gasteiger partial charge in [-0.05, 0) is 82.4 Å². The zero-order chi connectivity index (χ0) is 31.5. The summed E-state index contributed by atoms with van der Waals surface area (Å²) in [6.07, 6.45) is 10.0. The van der Waals surface area contributed by atoms with Crippen molar-refractivity contribution in [1.82, 2.24) is 24.3 Å². The number of ether oxygens (including phenoxy) is 2. The van der Waals surface area contributed by atoms with Crippen molar-refractivity contribution in [1.29, 1.82) is 0 Å². The summed E-state index contributed by atoms with van der Waals surface area (Å²) in [6, 6.07) is 5.73. The molecule has 11 heteroatoms. The molecule has 4 aliphatic heterocycles. The van der Waals surface area contributed by atoms with Crippen LogP contribution >= 0.6 is 0 Å². The van der Waals surface area contributed by atoms with Gasteiger partial charge in [-0.2, -0.15) is 0 Å². The molecule has 4 saturated heterocycles. The molecule has 11 nitrogen and oxygen atoms in total. The molecule has 0 aliphatic carbocycles. The lowest BCUT2D eigenvalue weighted by molar-refractivity contribution is -0.135. The number of rotatable bonds is 11. The predicted octanol–water partition coefficient (Wildman–Crippen LogP) is 3.67. The number of hydrogen-bond donors (Lipinski definition) is 1. The Balaban J connectivity index is 0.879. The van der Waals surface area contributed by atoms with Gasteiger partial charge < -0.3 is 14.4 Å². The quantitative estimate of drug-likeness (QED) is 0.305. The third-order valence-corrected chi connectivity index (χ3v) is 9.99. The van der Waals surface area contributed by atoms with Crippen molar-refractivity contribution in [2.24, 2.45) is 7.05 Å². The maximum absolute atomic E-state index is 13.1. The first-order chi connectivity index (χ1) is 21.8. The minimum absolute atomic E-state index is 0.0532. The molecular weight excluding hydrogens is 562 g/mol. The van der Waals surface area contributed by atoms with Crippen LogP contribution in [0.5, 0.6) is 0 Å². The number of amides is 3. The minimum atomic E-state index is -0.673. The second-order valence-corrected chi connectivity index (χ2v) is 12.8. The number of carbonyl (C=O) groups excluding carboxylic acids is 3. The number of fused-ring (bicyclic) bond motifs is 2. The second-order valence-electron chi connectivity index (χ2n) is 12.8. The molecule has 0 bridgehead atoms. The topological polar surface area (TPSA) is 115 Å². The van der Waals surface area contributed by atoms with Gasteiger partial charge in [0.25, 0.3) is 0 Å². The fraction of sp³-hybridized carbons (Fsp3) is 0.697. The van der Waals surface area contributed by atoms with Crippen molar-refractivity contribution in [3.05, 3.63) is 34.2 Å². The maximum atomic E-state index is 13.1. The summed E-state index contributed by atoms with van der Waals surface area (Å²) in [7, 11) is 1.74. The van der Waals surface area contributed by atoms with Gasteiger partial charge in [-0.25, -0.2) is 9.59 Å². The Labute approximate surface area is 260 Å². The van der Waals surface area contributed by atoms with Crippen LogP contribution in [0.3, 0.4) is 0 Å². The van der Waals surface area contributed by atoms with Crippen LogP contribution in [0.4, 0.5) is 4.79 Å². The van der Waals surface area contributed by atoms with E-state index >= 15 is 0 Å². The molecule has 1 aromatic heterocycles. The minimum Gasteiger partial charge on any atom is -0.448 e. The Bertz CT molecular complexity index is 1450. The Morgan fingerprint density at radius 3 is 2.66 bits per heavy atom. The Morgan fingerprint density at radius 2 is 1.84 bits per heavy atom. The Kier molecular flexibility index (Phi) is 9.30. The molecule has 0 spiro atoms. The van der Waals surface area contributed by atoms with Gasteiger partial charge in [0.2, 0.25) is 11.8 Å². The average molecular weight is 611 g/mol. The summed E-state index contributed by atoms with van der Waals surface area (Å²) in [5, 5.41) is 2.37. The van der Waals surface area contributed by atoms with E-state index in [1.807, 2.05) is 18.2 Å². The van der Waals surface area contributed by atoms with Gasteiger partial charge in [-0.1, -0.05) is 25.0 Å². The molecule has 5 heterocycles. The Morgan fingerprint density at radius 1 is 1.02 bits per heavy atom. The lowest BCUT2D eigenvalue weighted by atomic mass is 10.0. The first kappa shape index (κ1) is 29.5. The van der Waals surface area contributed by atoms with E-state index in [0.29, 0.717) is 38.8 Å². The lowest BCUT2D eigenvalue weighted by Crippen LogP contribution is -2.44. The number of likely N-dealkylation sites (tertiary alicyclic amines) is 1. The highest BCUT2D eigenvalue weighted by Gasteiger charge is 2.37. The van der Waals surface area contributed by atoms with Crippen LogP contribution in [-0.2, 0) is 32.5 Å². The normalized spacial score (nSPS) is 26.7. The molecule has 240 valence electrons. The number of hydrogen-bond acceptors (Lipinski definition) is 7. The van der Waals surface area contributed by atoms with Gasteiger partial charge >= 0.3 is 11.8 Å². The number of carbonyl (C=O) groups is 3. The number of aromatic nitrogens is 2. The van der Waals surface area contributed by atoms with Gasteiger partial charge in [0, 0.05) is 46.6 Å². The molecule has 4 aliphatic rings. The van der Waals surface area contributed by atoms with Crippen molar-refractivity contribution in [3.63, 3.8) is 0 Å². The van der Waals surface area contributed by atoms with Gasteiger partial charge in [0.15, 0.2) is 0 Å². The number of piperidine rings is 2. The van der Waals surface area contributed by atoms with Crippen LogP contribution in [0.2, 0.25) is 0 Å². The summed E-state index contributed by atoms with van der Waals surface area (Å²) in [6.45, 7) is 3.43. The summed E-state index contributed by atoms with van der Waals surface area (Å²) < 4.78 is 23.3. The molecule has 0 saturated carbocycles. The van der Waals surface area contributed by atoms with E-state index in [1.54, 1.807) is 16.5 Å². The van der Waals surface area contributed by atoms with Crippen molar-refractivity contribution in [2.45, 2.75) is 108 Å². The third-order valence-electron chi connectivity index (χ3n) is 9.99. The smallest absolute Gasteiger partial charge is 0.409 e. The van der Waals surface area contributed by atoms with E-state index in [9.17, 15) is 19.2 Å². The number of nitrogens with one attached hydrogen (secondary N) is 1. The number of nitrogens with zero attached hydrogens (tertiary/aromatic N) is 4. The van der Waals surface area contributed by atoms with E-state index < -0.39 is 11.9 Å². The summed E-state index contributed by atoms with van der Waals surface area (Å²) >= 11 is 0. The average Bonchev–Trinajstić information content (AvgIpc) is 3.71. The Hall–Kier alpha value is -3.18. The molecule has 1 aromatic carbocycles. The highest BCUT2D eigenvalue weighted by Crippen LogP contribution is 2.32. The molecular formula is C33H47N5O6. The number of imidazole rings is 1. The van der Waals surface area contributed by atoms with E-state index in [1.165, 1.54) is 4.57 Å². The molecule has 4 fully saturated rings. The second kappa shape index (κ2) is 13.9. The molecule has 0 radical (unpaired) electrons. The van der Waals surface area contributed by atoms with Crippen LogP contribution in [0.1, 0.15) is 90.0 Å². The molecule has 44 heavy (non-hydrogen) atoms. The van der Waals surface area contributed by atoms with Gasteiger partial charge in [0.1, 0.15) is 12.6 Å². The number of unbranched alkanes of at least 4 members (excludes halogenated alkanes) is 3. The zero-order valence-corrected chi connectivity index (χ0v) is 25.9. The van der Waals surface area contributed by atoms with Gasteiger partial charge in [0.05, 0.1) is 17.1 Å². The van der Waals surface area contributed by atoms with Crippen LogP contribution in [0, 0.1) is 0 Å². The molecule has 3 amide bonds. The monoisotopic (exact) mass is 610 g/mol. The fourth-order valence-electron chi connectivity index (χ4n) is 7.57. The third kappa shape index (κ3) is 6.59. The lowest BCUT2D eigenvalue weighted by Gasteiger charge is -2.32. The van der Waals surface area contributed by atoms with Crippen LogP contribution < -0.4 is 11.0 Å². The molecule has 1 N–H and O–H groups in total. The van der Waals surface area contributed by atoms with E-state index in [4.69, 9.17) is 10.8 Å². The molecule has 2 aromatic rings. The first-order valence-electron chi connectivity index (χ1n) is 17.1. The van der Waals surface area contributed by atoms with Crippen molar-refractivity contribution in [2.75, 3.05) is 32.8 Å². The SMILES string of the molecule is [2H]C1C[C@@H](COC(=O)N2CCC(OCCCCCCc3cccc4c3n(C)c(=O)n4C3CCC(=O)NC3=O)CC2)N2CCCC12. The zero-order valence-electron chi connectivity index (χ0n) is 26.9. The number of aryl methyl sites for hydroxylation is 2. The largest absolute Gasteiger partial charge is 0.448 e.